The van der Waals surface area contributed by atoms with Crippen LogP contribution in [0, 0.1) is 11.8 Å². The molecule has 6 rings (SSSR count). The Morgan fingerprint density at radius 2 is 1.74 bits per heavy atom. The summed E-state index contributed by atoms with van der Waals surface area (Å²) in [6, 6.07) is 17.3. The maximum atomic E-state index is 14.3. The molecule has 2 aromatic carbocycles. The molecule has 3 amide bonds. The first kappa shape index (κ1) is 29.6. The molecule has 3 aliphatic heterocycles. The lowest BCUT2D eigenvalue weighted by molar-refractivity contribution is -0.141. The molecule has 1 aliphatic carbocycles. The molecule has 2 saturated heterocycles. The second kappa shape index (κ2) is 12.2. The Bertz CT molecular complexity index is 1350. The van der Waals surface area contributed by atoms with Gasteiger partial charge in [0.25, 0.3) is 0 Å². The highest BCUT2D eigenvalue weighted by Crippen LogP contribution is 2.55. The van der Waals surface area contributed by atoms with E-state index < -0.39 is 29.6 Å². The van der Waals surface area contributed by atoms with Crippen molar-refractivity contribution < 1.29 is 19.1 Å². The quantitative estimate of drug-likeness (QED) is 0.402. The van der Waals surface area contributed by atoms with Crippen LogP contribution in [0.3, 0.4) is 0 Å². The standard InChI is InChI=1S/C35H44N4O4/c1-23(2)25-14-16-27(17-15-25)36-32(40)29-28-18-19-35(43-28)30(29)34(42)39(21-20-38(3)22-24-10-6-4-7-11-24)31(35)33(41)37-26-12-8-5-9-13-26/h4,6-7,10-11,14-19,23,26,28-31H,5,8-9,12-13,20-22H2,1-3H3,(H,36,40)(H,37,41)/t28-,29+,30-,31-,35-/m1/s1. The Labute approximate surface area is 254 Å². The Morgan fingerprint density at radius 1 is 1.02 bits per heavy atom. The largest absolute Gasteiger partial charge is 0.359 e. The maximum Gasteiger partial charge on any atom is 0.246 e. The summed E-state index contributed by atoms with van der Waals surface area (Å²) in [5, 5.41) is 6.30. The van der Waals surface area contributed by atoms with Gasteiger partial charge in [0.15, 0.2) is 0 Å². The van der Waals surface area contributed by atoms with Crippen molar-refractivity contribution >= 4 is 23.4 Å². The van der Waals surface area contributed by atoms with Crippen molar-refractivity contribution in [3.05, 3.63) is 77.9 Å². The van der Waals surface area contributed by atoms with Gasteiger partial charge < -0.3 is 25.2 Å². The van der Waals surface area contributed by atoms with Crippen molar-refractivity contribution in [2.45, 2.75) is 82.2 Å². The van der Waals surface area contributed by atoms with Crippen LogP contribution in [0.15, 0.2) is 66.7 Å². The van der Waals surface area contributed by atoms with E-state index in [1.54, 1.807) is 4.90 Å². The molecule has 4 aliphatic rings. The number of likely N-dealkylation sites (tertiary alicyclic amines) is 1. The number of amides is 3. The van der Waals surface area contributed by atoms with Crippen LogP contribution in [0.4, 0.5) is 5.69 Å². The van der Waals surface area contributed by atoms with E-state index in [2.05, 4.69) is 41.5 Å². The Balaban J connectivity index is 1.23. The molecule has 2 aromatic rings. The van der Waals surface area contributed by atoms with Gasteiger partial charge in [0.1, 0.15) is 11.6 Å². The Kier molecular flexibility index (Phi) is 8.42. The van der Waals surface area contributed by atoms with Gasteiger partial charge in [0.2, 0.25) is 17.7 Å². The highest BCUT2D eigenvalue weighted by atomic mass is 16.5. The van der Waals surface area contributed by atoms with E-state index in [1.165, 1.54) is 17.5 Å². The molecule has 3 fully saturated rings. The van der Waals surface area contributed by atoms with Crippen LogP contribution in [0.25, 0.3) is 0 Å². The predicted octanol–water partition coefficient (Wildman–Crippen LogP) is 4.48. The van der Waals surface area contributed by atoms with Gasteiger partial charge in [-0.2, -0.15) is 0 Å². The minimum atomic E-state index is -1.15. The van der Waals surface area contributed by atoms with E-state index in [4.69, 9.17) is 4.74 Å². The molecule has 2 N–H and O–H groups in total. The third-order valence-corrected chi connectivity index (χ3v) is 9.74. The number of carbonyl (C=O) groups excluding carboxylic acids is 3. The van der Waals surface area contributed by atoms with Crippen LogP contribution in [-0.4, -0.2) is 71.4 Å². The number of rotatable bonds is 10. The molecule has 8 heteroatoms. The summed E-state index contributed by atoms with van der Waals surface area (Å²) < 4.78 is 6.52. The van der Waals surface area contributed by atoms with Gasteiger partial charge in [-0.15, -0.1) is 0 Å². The van der Waals surface area contributed by atoms with Gasteiger partial charge in [-0.1, -0.05) is 87.7 Å². The van der Waals surface area contributed by atoms with Gasteiger partial charge in [-0.3, -0.25) is 14.4 Å². The zero-order chi connectivity index (χ0) is 30.1. The first-order chi connectivity index (χ1) is 20.8. The molecule has 0 aromatic heterocycles. The van der Waals surface area contributed by atoms with Crippen molar-refractivity contribution in [2.75, 3.05) is 25.5 Å². The Morgan fingerprint density at radius 3 is 2.44 bits per heavy atom. The molecule has 228 valence electrons. The number of benzene rings is 2. The van der Waals surface area contributed by atoms with Crippen molar-refractivity contribution in [3.8, 4) is 0 Å². The highest BCUT2D eigenvalue weighted by molar-refractivity contribution is 6.02. The molecular weight excluding hydrogens is 540 g/mol. The van der Waals surface area contributed by atoms with E-state index in [0.29, 0.717) is 24.7 Å². The number of hydrogen-bond acceptors (Lipinski definition) is 5. The number of nitrogens with zero attached hydrogens (tertiary/aromatic N) is 2. The second-order valence-electron chi connectivity index (χ2n) is 13.1. The highest BCUT2D eigenvalue weighted by Gasteiger charge is 2.72. The van der Waals surface area contributed by atoms with E-state index in [9.17, 15) is 14.4 Å². The number of likely N-dealkylation sites (N-methyl/N-ethyl adjacent to an activating group) is 1. The fourth-order valence-electron chi connectivity index (χ4n) is 7.46. The van der Waals surface area contributed by atoms with Crippen molar-refractivity contribution in [3.63, 3.8) is 0 Å². The third kappa shape index (κ3) is 5.75. The van der Waals surface area contributed by atoms with Gasteiger partial charge in [0.05, 0.1) is 17.9 Å². The smallest absolute Gasteiger partial charge is 0.246 e. The van der Waals surface area contributed by atoms with Crippen LogP contribution >= 0.6 is 0 Å². The normalized spacial score (nSPS) is 28.1. The van der Waals surface area contributed by atoms with Crippen LogP contribution in [-0.2, 0) is 25.7 Å². The fraction of sp³-hybridized carbons (Fsp3) is 0.514. The second-order valence-corrected chi connectivity index (χ2v) is 13.1. The van der Waals surface area contributed by atoms with Crippen LogP contribution < -0.4 is 10.6 Å². The summed E-state index contributed by atoms with van der Waals surface area (Å²) in [6.07, 6.45) is 8.49. The van der Waals surface area contributed by atoms with Crippen molar-refractivity contribution in [1.29, 1.82) is 0 Å². The molecule has 8 nitrogen and oxygen atoms in total. The monoisotopic (exact) mass is 584 g/mol. The molecule has 0 unspecified atom stereocenters. The summed E-state index contributed by atoms with van der Waals surface area (Å²) in [5.41, 5.74) is 1.91. The summed E-state index contributed by atoms with van der Waals surface area (Å²) in [7, 11) is 2.02. The lowest BCUT2D eigenvalue weighted by Gasteiger charge is -2.34. The van der Waals surface area contributed by atoms with E-state index in [1.807, 2.05) is 61.7 Å². The lowest BCUT2D eigenvalue weighted by atomic mass is 9.74. The van der Waals surface area contributed by atoms with E-state index >= 15 is 0 Å². The zero-order valence-electron chi connectivity index (χ0n) is 25.5. The molecule has 0 radical (unpaired) electrons. The summed E-state index contributed by atoms with van der Waals surface area (Å²) >= 11 is 0. The lowest BCUT2D eigenvalue weighted by Crippen LogP contribution is -2.57. The first-order valence-corrected chi connectivity index (χ1v) is 15.9. The molecular formula is C35H44N4O4. The van der Waals surface area contributed by atoms with Gasteiger partial charge in [-0.25, -0.2) is 0 Å². The third-order valence-electron chi connectivity index (χ3n) is 9.74. The molecule has 43 heavy (non-hydrogen) atoms. The maximum absolute atomic E-state index is 14.3. The molecule has 2 bridgehead atoms. The number of anilines is 1. The number of ether oxygens (including phenoxy) is 1. The molecule has 5 atom stereocenters. The zero-order valence-corrected chi connectivity index (χ0v) is 25.5. The summed E-state index contributed by atoms with van der Waals surface area (Å²) in [4.78, 5) is 45.9. The summed E-state index contributed by atoms with van der Waals surface area (Å²) in [6.45, 7) is 5.95. The summed E-state index contributed by atoms with van der Waals surface area (Å²) in [5.74, 6) is -1.68. The predicted molar refractivity (Wildman–Crippen MR) is 166 cm³/mol. The topological polar surface area (TPSA) is 91.0 Å². The fourth-order valence-corrected chi connectivity index (χ4v) is 7.46. The van der Waals surface area contributed by atoms with Crippen molar-refractivity contribution in [2.24, 2.45) is 11.8 Å². The van der Waals surface area contributed by atoms with Gasteiger partial charge in [-0.05, 0) is 49.1 Å². The number of nitrogens with one attached hydrogen (secondary N) is 2. The first-order valence-electron chi connectivity index (χ1n) is 15.9. The number of hydrogen-bond donors (Lipinski definition) is 2. The van der Waals surface area contributed by atoms with Gasteiger partial charge >= 0.3 is 0 Å². The minimum Gasteiger partial charge on any atom is -0.359 e. The number of carbonyl (C=O) groups is 3. The van der Waals surface area contributed by atoms with Crippen LogP contribution in [0.5, 0.6) is 0 Å². The van der Waals surface area contributed by atoms with Crippen molar-refractivity contribution in [1.82, 2.24) is 15.1 Å². The Hall–Kier alpha value is -3.49. The van der Waals surface area contributed by atoms with Crippen LogP contribution in [0.1, 0.15) is 63.0 Å². The van der Waals surface area contributed by atoms with E-state index in [0.717, 1.165) is 32.2 Å². The van der Waals surface area contributed by atoms with E-state index in [-0.39, 0.29) is 23.8 Å². The number of fused-ring (bicyclic) bond motifs is 1. The molecule has 1 saturated carbocycles. The average Bonchev–Trinajstić information content (AvgIpc) is 3.64. The molecule has 1 spiro atoms. The minimum absolute atomic E-state index is 0.102. The average molecular weight is 585 g/mol. The van der Waals surface area contributed by atoms with Gasteiger partial charge in [0, 0.05) is 31.4 Å². The SMILES string of the molecule is CC(C)c1ccc(NC(=O)[C@H]2[C@H]3C=C[C@@]4(O3)[C@H]2C(=O)N(CCN(C)Cc2ccccc2)[C@@H]4C(=O)NC2CCCCC2)cc1. The molecule has 3 heterocycles. The van der Waals surface area contributed by atoms with Crippen LogP contribution in [0.2, 0.25) is 0 Å².